The Balaban J connectivity index is 2.12. The Morgan fingerprint density at radius 3 is 2.11 bits per heavy atom. The van der Waals surface area contributed by atoms with E-state index in [2.05, 4.69) is 0 Å². The highest BCUT2D eigenvalue weighted by molar-refractivity contribution is 5.67. The lowest BCUT2D eigenvalue weighted by atomic mass is 9.86. The van der Waals surface area contributed by atoms with E-state index in [9.17, 15) is 15.0 Å². The summed E-state index contributed by atoms with van der Waals surface area (Å²) < 4.78 is 7.07. The van der Waals surface area contributed by atoms with Gasteiger partial charge in [-0.05, 0) is 26.0 Å². The molecule has 3 rings (SSSR count). The molecule has 0 amide bonds. The summed E-state index contributed by atoms with van der Waals surface area (Å²) in [4.78, 5) is 10.6. The molecule has 3 N–H and O–H groups in total. The molecule has 0 spiro atoms. The van der Waals surface area contributed by atoms with Gasteiger partial charge in [-0.25, -0.2) is 0 Å². The molecule has 0 saturated heterocycles. The van der Waals surface area contributed by atoms with Gasteiger partial charge in [0.25, 0.3) is 0 Å². The van der Waals surface area contributed by atoms with Gasteiger partial charge in [0.05, 0.1) is 17.5 Å². The van der Waals surface area contributed by atoms with E-state index in [-0.39, 0.29) is 24.7 Å². The van der Waals surface area contributed by atoms with Crippen molar-refractivity contribution in [1.82, 2.24) is 4.57 Å². The second-order valence-corrected chi connectivity index (χ2v) is 5.34. The van der Waals surface area contributed by atoms with Crippen molar-refractivity contribution < 1.29 is 24.9 Å². The van der Waals surface area contributed by atoms with Crippen LogP contribution in [0.2, 0.25) is 0 Å². The quantitative estimate of drug-likeness (QED) is 0.718. The molecule has 0 radical (unpaired) electrons. The third kappa shape index (κ3) is 1.37. The van der Waals surface area contributed by atoms with Crippen LogP contribution in [0.5, 0.6) is 11.8 Å². The average molecular weight is 265 g/mol. The number of aromatic hydroxyl groups is 2. The fourth-order valence-electron chi connectivity index (χ4n) is 3.05. The SMILES string of the molecule is C[C@]12C=C[C@](C)(O1)c1c2c(O)n(CCC(=O)O)c1O. The highest BCUT2D eigenvalue weighted by atomic mass is 16.5. The third-order valence-electron chi connectivity index (χ3n) is 3.89. The highest BCUT2D eigenvalue weighted by Gasteiger charge is 2.56. The molecule has 1 aromatic rings. The first-order valence-corrected chi connectivity index (χ1v) is 6.06. The molecule has 2 atom stereocenters. The van der Waals surface area contributed by atoms with Crippen molar-refractivity contribution in [3.8, 4) is 11.8 Å². The Morgan fingerprint density at radius 1 is 1.21 bits per heavy atom. The number of nitrogens with zero attached hydrogens (tertiary/aromatic N) is 1. The van der Waals surface area contributed by atoms with Crippen molar-refractivity contribution in [2.75, 3.05) is 0 Å². The van der Waals surface area contributed by atoms with Crippen molar-refractivity contribution in [3.63, 3.8) is 0 Å². The summed E-state index contributed by atoms with van der Waals surface area (Å²) in [5.74, 6) is -1.23. The van der Waals surface area contributed by atoms with Crippen LogP contribution >= 0.6 is 0 Å². The molecule has 6 nitrogen and oxygen atoms in total. The van der Waals surface area contributed by atoms with E-state index in [1.165, 1.54) is 4.57 Å². The van der Waals surface area contributed by atoms with Crippen LogP contribution in [-0.2, 0) is 27.3 Å². The zero-order valence-electron chi connectivity index (χ0n) is 10.7. The van der Waals surface area contributed by atoms with Crippen LogP contribution in [0, 0.1) is 0 Å². The number of ether oxygens (including phenoxy) is 1. The van der Waals surface area contributed by atoms with Gasteiger partial charge >= 0.3 is 5.97 Å². The number of aliphatic carboxylic acids is 1. The number of hydrogen-bond donors (Lipinski definition) is 3. The van der Waals surface area contributed by atoms with Gasteiger partial charge in [-0.3, -0.25) is 9.36 Å². The van der Waals surface area contributed by atoms with Gasteiger partial charge in [-0.15, -0.1) is 0 Å². The lowest BCUT2D eigenvalue weighted by Gasteiger charge is -2.21. The molecular formula is C13H15NO5. The van der Waals surface area contributed by atoms with Crippen LogP contribution in [-0.4, -0.2) is 25.9 Å². The minimum Gasteiger partial charge on any atom is -0.494 e. The number of carboxylic acids is 1. The van der Waals surface area contributed by atoms with Crippen LogP contribution in [0.15, 0.2) is 12.2 Å². The zero-order valence-corrected chi connectivity index (χ0v) is 10.7. The first-order valence-electron chi connectivity index (χ1n) is 6.06. The molecule has 6 heteroatoms. The van der Waals surface area contributed by atoms with Crippen LogP contribution in [0.4, 0.5) is 0 Å². The van der Waals surface area contributed by atoms with E-state index in [1.807, 2.05) is 12.2 Å². The van der Waals surface area contributed by atoms with Crippen LogP contribution < -0.4 is 0 Å². The zero-order chi connectivity index (χ0) is 14.0. The molecule has 3 heterocycles. The van der Waals surface area contributed by atoms with Gasteiger partial charge in [-0.2, -0.15) is 0 Å². The first-order chi connectivity index (χ1) is 8.78. The number of carboxylic acid groups (broad SMARTS) is 1. The Labute approximate surface area is 109 Å². The third-order valence-corrected chi connectivity index (χ3v) is 3.89. The summed E-state index contributed by atoms with van der Waals surface area (Å²) in [6.07, 6.45) is 3.52. The summed E-state index contributed by atoms with van der Waals surface area (Å²) in [6.45, 7) is 3.63. The Morgan fingerprint density at radius 2 is 1.68 bits per heavy atom. The van der Waals surface area contributed by atoms with E-state index >= 15 is 0 Å². The number of fused-ring (bicyclic) bond motifs is 5. The van der Waals surface area contributed by atoms with Gasteiger partial charge in [-0.1, -0.05) is 0 Å². The van der Waals surface area contributed by atoms with E-state index in [0.29, 0.717) is 11.1 Å². The largest absolute Gasteiger partial charge is 0.494 e. The maximum atomic E-state index is 10.6. The summed E-state index contributed by atoms with van der Waals surface area (Å²) in [5.41, 5.74) is -0.471. The summed E-state index contributed by atoms with van der Waals surface area (Å²) >= 11 is 0. The molecule has 19 heavy (non-hydrogen) atoms. The van der Waals surface area contributed by atoms with Crippen molar-refractivity contribution >= 4 is 5.97 Å². The fraction of sp³-hybridized carbons (Fsp3) is 0.462. The van der Waals surface area contributed by atoms with E-state index in [4.69, 9.17) is 9.84 Å². The molecule has 0 aromatic carbocycles. The van der Waals surface area contributed by atoms with Crippen molar-refractivity contribution in [2.24, 2.45) is 0 Å². The monoisotopic (exact) mass is 265 g/mol. The minimum absolute atomic E-state index is 0.0200. The van der Waals surface area contributed by atoms with Gasteiger partial charge in [0, 0.05) is 6.54 Å². The highest BCUT2D eigenvalue weighted by Crippen LogP contribution is 2.60. The normalized spacial score (nSPS) is 30.8. The van der Waals surface area contributed by atoms with E-state index in [0.717, 1.165) is 0 Å². The van der Waals surface area contributed by atoms with E-state index < -0.39 is 17.2 Å². The smallest absolute Gasteiger partial charge is 0.305 e. The molecule has 1 aromatic heterocycles. The fourth-order valence-corrected chi connectivity index (χ4v) is 3.05. The van der Waals surface area contributed by atoms with Crippen molar-refractivity contribution in [2.45, 2.75) is 38.0 Å². The van der Waals surface area contributed by atoms with Gasteiger partial charge in [0.2, 0.25) is 11.8 Å². The maximum absolute atomic E-state index is 10.6. The topological polar surface area (TPSA) is 91.9 Å². The Kier molecular flexibility index (Phi) is 2.12. The summed E-state index contributed by atoms with van der Waals surface area (Å²) in [5, 5.41) is 29.2. The molecule has 0 aliphatic carbocycles. The second-order valence-electron chi connectivity index (χ2n) is 5.34. The van der Waals surface area contributed by atoms with Crippen molar-refractivity contribution in [3.05, 3.63) is 23.3 Å². The number of carbonyl (C=O) groups is 1. The standard InChI is InChI=1S/C13H15NO5/c1-12-4-5-13(2,19-12)9-8(12)10(17)14(11(9)18)6-3-7(15)16/h4-5,17-18H,3,6H2,1-2H3,(H,15,16)/t12-,13+. The first kappa shape index (κ1) is 12.1. The van der Waals surface area contributed by atoms with Gasteiger partial charge in [0.1, 0.15) is 11.2 Å². The average Bonchev–Trinajstić information content (AvgIpc) is 2.83. The van der Waals surface area contributed by atoms with Crippen LogP contribution in [0.3, 0.4) is 0 Å². The lowest BCUT2D eigenvalue weighted by molar-refractivity contribution is -0.137. The predicted molar refractivity (Wildman–Crippen MR) is 64.9 cm³/mol. The number of rotatable bonds is 3. The Hall–Kier alpha value is -1.95. The van der Waals surface area contributed by atoms with E-state index in [1.54, 1.807) is 13.8 Å². The second kappa shape index (κ2) is 3.33. The van der Waals surface area contributed by atoms with Crippen molar-refractivity contribution in [1.29, 1.82) is 0 Å². The molecule has 0 saturated carbocycles. The number of hydrogen-bond acceptors (Lipinski definition) is 4. The number of aromatic nitrogens is 1. The maximum Gasteiger partial charge on any atom is 0.305 e. The van der Waals surface area contributed by atoms with Crippen LogP contribution in [0.25, 0.3) is 0 Å². The minimum atomic E-state index is -0.984. The molecule has 0 fully saturated rings. The molecule has 2 bridgehead atoms. The van der Waals surface area contributed by atoms with Gasteiger partial charge in [0.15, 0.2) is 0 Å². The lowest BCUT2D eigenvalue weighted by Crippen LogP contribution is -2.19. The molecule has 0 unspecified atom stereocenters. The molecule has 2 aliphatic rings. The molecular weight excluding hydrogens is 250 g/mol. The Bertz CT molecular complexity index is 576. The summed E-state index contributed by atoms with van der Waals surface area (Å²) in [7, 11) is 0. The summed E-state index contributed by atoms with van der Waals surface area (Å²) in [6, 6.07) is 0. The van der Waals surface area contributed by atoms with Crippen LogP contribution in [0.1, 0.15) is 31.4 Å². The predicted octanol–water partition coefficient (Wildman–Crippen LogP) is 1.40. The van der Waals surface area contributed by atoms with Gasteiger partial charge < -0.3 is 20.1 Å². The molecule has 2 aliphatic heterocycles. The molecule has 102 valence electrons.